The molecular formula is C16H19N3O2S. The molecule has 0 aliphatic carbocycles. The van der Waals surface area contributed by atoms with Crippen molar-refractivity contribution in [1.29, 1.82) is 0 Å². The maximum absolute atomic E-state index is 12.5. The van der Waals surface area contributed by atoms with Gasteiger partial charge in [-0.2, -0.15) is 4.98 Å². The van der Waals surface area contributed by atoms with Crippen LogP contribution >= 0.6 is 11.3 Å². The van der Waals surface area contributed by atoms with Crippen LogP contribution in [0, 0.1) is 13.8 Å². The SMILES string of the molecule is Cc1csc(C(=O)N2CCCC(Oc3ccnc(C)n3)C2)c1. The number of aryl methyl sites for hydroxylation is 2. The fourth-order valence-corrected chi connectivity index (χ4v) is 3.45. The van der Waals surface area contributed by atoms with E-state index in [1.54, 1.807) is 12.3 Å². The van der Waals surface area contributed by atoms with Crippen molar-refractivity contribution in [3.8, 4) is 5.88 Å². The van der Waals surface area contributed by atoms with Crippen molar-refractivity contribution in [3.63, 3.8) is 0 Å². The van der Waals surface area contributed by atoms with Crippen LogP contribution in [0.1, 0.15) is 33.9 Å². The maximum Gasteiger partial charge on any atom is 0.264 e. The van der Waals surface area contributed by atoms with Gasteiger partial charge in [-0.25, -0.2) is 4.98 Å². The number of amides is 1. The number of piperidine rings is 1. The molecule has 1 amide bonds. The third kappa shape index (κ3) is 3.44. The molecule has 0 spiro atoms. The summed E-state index contributed by atoms with van der Waals surface area (Å²) in [5.74, 6) is 1.37. The topological polar surface area (TPSA) is 55.3 Å². The largest absolute Gasteiger partial charge is 0.472 e. The van der Waals surface area contributed by atoms with Gasteiger partial charge in [0, 0.05) is 18.8 Å². The van der Waals surface area contributed by atoms with Gasteiger partial charge in [-0.3, -0.25) is 4.79 Å². The van der Waals surface area contributed by atoms with Gasteiger partial charge < -0.3 is 9.64 Å². The number of nitrogens with zero attached hydrogens (tertiary/aromatic N) is 3. The molecule has 2 aromatic rings. The summed E-state index contributed by atoms with van der Waals surface area (Å²) in [5.41, 5.74) is 1.13. The smallest absolute Gasteiger partial charge is 0.264 e. The summed E-state index contributed by atoms with van der Waals surface area (Å²) < 4.78 is 5.92. The summed E-state index contributed by atoms with van der Waals surface area (Å²) in [6.45, 7) is 5.24. The number of carbonyl (C=O) groups is 1. The minimum atomic E-state index is -0.00643. The fraction of sp³-hybridized carbons (Fsp3) is 0.438. The molecule has 1 atom stereocenters. The Labute approximate surface area is 134 Å². The molecule has 3 rings (SSSR count). The molecule has 6 heteroatoms. The molecule has 116 valence electrons. The first-order valence-corrected chi connectivity index (χ1v) is 8.30. The number of rotatable bonds is 3. The second kappa shape index (κ2) is 6.44. The summed E-state index contributed by atoms with van der Waals surface area (Å²) in [7, 11) is 0. The van der Waals surface area contributed by atoms with Crippen molar-refractivity contribution in [2.45, 2.75) is 32.8 Å². The zero-order chi connectivity index (χ0) is 15.5. The molecule has 0 aromatic carbocycles. The average molecular weight is 317 g/mol. The number of carbonyl (C=O) groups excluding carboxylic acids is 1. The number of aromatic nitrogens is 2. The van der Waals surface area contributed by atoms with Crippen LogP contribution in [0.25, 0.3) is 0 Å². The van der Waals surface area contributed by atoms with Gasteiger partial charge >= 0.3 is 0 Å². The zero-order valence-corrected chi connectivity index (χ0v) is 13.6. The summed E-state index contributed by atoms with van der Waals surface area (Å²) in [4.78, 5) is 23.5. The summed E-state index contributed by atoms with van der Waals surface area (Å²) in [5, 5.41) is 2.01. The molecule has 1 fully saturated rings. The van der Waals surface area contributed by atoms with Gasteiger partial charge in [0.2, 0.25) is 5.88 Å². The highest BCUT2D eigenvalue weighted by molar-refractivity contribution is 7.12. The number of ether oxygens (including phenoxy) is 1. The number of thiophene rings is 1. The molecular weight excluding hydrogens is 298 g/mol. The van der Waals surface area contributed by atoms with E-state index in [2.05, 4.69) is 9.97 Å². The fourth-order valence-electron chi connectivity index (χ4n) is 2.59. The Morgan fingerprint density at radius 2 is 2.32 bits per heavy atom. The van der Waals surface area contributed by atoms with Gasteiger partial charge in [0.05, 0.1) is 11.4 Å². The standard InChI is InChI=1S/C16H19N3O2S/c1-11-8-14(22-10-11)16(20)19-7-3-4-13(9-19)21-15-5-6-17-12(2)18-15/h5-6,8,10,13H,3-4,7,9H2,1-2H3. The van der Waals surface area contributed by atoms with Crippen LogP contribution in [-0.2, 0) is 0 Å². The summed E-state index contributed by atoms with van der Waals surface area (Å²) >= 11 is 1.51. The Morgan fingerprint density at radius 1 is 1.45 bits per heavy atom. The van der Waals surface area contributed by atoms with Crippen molar-refractivity contribution in [2.75, 3.05) is 13.1 Å². The lowest BCUT2D eigenvalue weighted by atomic mass is 10.1. The second-order valence-electron chi connectivity index (χ2n) is 5.56. The Bertz CT molecular complexity index is 671. The zero-order valence-electron chi connectivity index (χ0n) is 12.8. The van der Waals surface area contributed by atoms with Crippen LogP contribution in [-0.4, -0.2) is 40.0 Å². The number of hydrogen-bond acceptors (Lipinski definition) is 5. The predicted octanol–water partition coefficient (Wildman–Crippen LogP) is 2.84. The van der Waals surface area contributed by atoms with Crippen molar-refractivity contribution < 1.29 is 9.53 Å². The molecule has 1 aliphatic rings. The van der Waals surface area contributed by atoms with Crippen molar-refractivity contribution in [1.82, 2.24) is 14.9 Å². The van der Waals surface area contributed by atoms with E-state index in [0.29, 0.717) is 18.2 Å². The van der Waals surface area contributed by atoms with Crippen LogP contribution in [0.5, 0.6) is 5.88 Å². The molecule has 5 nitrogen and oxygen atoms in total. The van der Waals surface area contributed by atoms with Crippen LogP contribution < -0.4 is 4.74 Å². The Kier molecular flexibility index (Phi) is 4.38. The molecule has 1 unspecified atom stereocenters. The van der Waals surface area contributed by atoms with E-state index in [-0.39, 0.29) is 12.0 Å². The number of hydrogen-bond donors (Lipinski definition) is 0. The van der Waals surface area contributed by atoms with Gasteiger partial charge in [-0.05, 0) is 43.7 Å². The van der Waals surface area contributed by atoms with Gasteiger partial charge in [-0.15, -0.1) is 11.3 Å². The maximum atomic E-state index is 12.5. The first-order valence-electron chi connectivity index (χ1n) is 7.42. The van der Waals surface area contributed by atoms with E-state index in [1.165, 1.54) is 11.3 Å². The van der Waals surface area contributed by atoms with Gasteiger partial charge in [0.25, 0.3) is 5.91 Å². The van der Waals surface area contributed by atoms with Crippen molar-refractivity contribution in [3.05, 3.63) is 40.0 Å². The lowest BCUT2D eigenvalue weighted by molar-refractivity contribution is 0.0531. The molecule has 22 heavy (non-hydrogen) atoms. The lowest BCUT2D eigenvalue weighted by Crippen LogP contribution is -2.44. The third-order valence-electron chi connectivity index (χ3n) is 3.64. The predicted molar refractivity (Wildman–Crippen MR) is 85.4 cm³/mol. The van der Waals surface area contributed by atoms with E-state index in [4.69, 9.17) is 4.74 Å². The summed E-state index contributed by atoms with van der Waals surface area (Å²) in [6, 6.07) is 3.71. The monoisotopic (exact) mass is 317 g/mol. The quantitative estimate of drug-likeness (QED) is 0.873. The van der Waals surface area contributed by atoms with E-state index < -0.39 is 0 Å². The Hall–Kier alpha value is -1.95. The lowest BCUT2D eigenvalue weighted by Gasteiger charge is -2.32. The molecule has 0 saturated carbocycles. The molecule has 0 radical (unpaired) electrons. The van der Waals surface area contributed by atoms with E-state index in [9.17, 15) is 4.79 Å². The molecule has 0 N–H and O–H groups in total. The highest BCUT2D eigenvalue weighted by Crippen LogP contribution is 2.21. The minimum absolute atomic E-state index is 0.00643. The van der Waals surface area contributed by atoms with Crippen LogP contribution in [0.15, 0.2) is 23.7 Å². The first kappa shape index (κ1) is 15.0. The van der Waals surface area contributed by atoms with E-state index >= 15 is 0 Å². The van der Waals surface area contributed by atoms with E-state index in [1.807, 2.05) is 30.2 Å². The van der Waals surface area contributed by atoms with Gasteiger partial charge in [-0.1, -0.05) is 0 Å². The molecule has 1 saturated heterocycles. The second-order valence-corrected chi connectivity index (χ2v) is 6.47. The molecule has 0 bridgehead atoms. The van der Waals surface area contributed by atoms with Gasteiger partial charge in [0.15, 0.2) is 0 Å². The Morgan fingerprint density at radius 3 is 3.05 bits per heavy atom. The average Bonchev–Trinajstić information content (AvgIpc) is 2.93. The van der Waals surface area contributed by atoms with Crippen molar-refractivity contribution in [2.24, 2.45) is 0 Å². The van der Waals surface area contributed by atoms with Crippen LogP contribution in [0.3, 0.4) is 0 Å². The normalized spacial score (nSPS) is 18.3. The highest BCUT2D eigenvalue weighted by atomic mass is 32.1. The summed E-state index contributed by atoms with van der Waals surface area (Å²) in [6.07, 6.45) is 3.58. The van der Waals surface area contributed by atoms with Crippen LogP contribution in [0.2, 0.25) is 0 Å². The van der Waals surface area contributed by atoms with Crippen LogP contribution in [0.4, 0.5) is 0 Å². The van der Waals surface area contributed by atoms with Crippen molar-refractivity contribution >= 4 is 17.2 Å². The highest BCUT2D eigenvalue weighted by Gasteiger charge is 2.26. The Balaban J connectivity index is 1.65. The first-order chi connectivity index (χ1) is 10.6. The number of likely N-dealkylation sites (tertiary alicyclic amines) is 1. The third-order valence-corrected chi connectivity index (χ3v) is 4.68. The minimum Gasteiger partial charge on any atom is -0.472 e. The van der Waals surface area contributed by atoms with E-state index in [0.717, 1.165) is 29.8 Å². The molecule has 3 heterocycles. The van der Waals surface area contributed by atoms with Gasteiger partial charge in [0.1, 0.15) is 11.9 Å². The molecule has 1 aliphatic heterocycles. The molecule has 2 aromatic heterocycles.